The van der Waals surface area contributed by atoms with Crippen LogP contribution in [0.25, 0.3) is 0 Å². The number of carbonyl (C=O) groups excluding carboxylic acids is 1. The molecular formula is C15H10Cl2N2O2. The fraction of sp³-hybridized carbons (Fsp3) is 0.0667. The van der Waals surface area contributed by atoms with E-state index in [1.165, 1.54) is 18.2 Å². The molecule has 2 N–H and O–H groups in total. The Balaban J connectivity index is 2.11. The van der Waals surface area contributed by atoms with Crippen LogP contribution in [0, 0.1) is 11.3 Å². The van der Waals surface area contributed by atoms with E-state index in [-0.39, 0.29) is 17.2 Å². The van der Waals surface area contributed by atoms with Crippen molar-refractivity contribution in [1.29, 1.82) is 5.26 Å². The Labute approximate surface area is 131 Å². The van der Waals surface area contributed by atoms with Crippen LogP contribution < -0.4 is 5.73 Å². The average molecular weight is 321 g/mol. The summed E-state index contributed by atoms with van der Waals surface area (Å²) in [7, 11) is 0. The van der Waals surface area contributed by atoms with Crippen molar-refractivity contribution < 1.29 is 9.53 Å². The number of nitrogen functional groups attached to an aromatic ring is 1. The highest BCUT2D eigenvalue weighted by Crippen LogP contribution is 2.22. The third-order valence-electron chi connectivity index (χ3n) is 2.75. The molecule has 106 valence electrons. The van der Waals surface area contributed by atoms with Gasteiger partial charge in [-0.1, -0.05) is 29.3 Å². The molecule has 4 nitrogen and oxygen atoms in total. The topological polar surface area (TPSA) is 76.1 Å². The summed E-state index contributed by atoms with van der Waals surface area (Å²) in [6.07, 6.45) is 0. The number of ether oxygens (including phenoxy) is 1. The van der Waals surface area contributed by atoms with Crippen molar-refractivity contribution in [2.75, 3.05) is 5.73 Å². The second kappa shape index (κ2) is 6.49. The van der Waals surface area contributed by atoms with E-state index < -0.39 is 5.97 Å². The summed E-state index contributed by atoms with van der Waals surface area (Å²) < 4.78 is 5.16. The normalized spacial score (nSPS) is 9.95. The van der Waals surface area contributed by atoms with Gasteiger partial charge in [0.05, 0.1) is 22.2 Å². The van der Waals surface area contributed by atoms with Crippen molar-refractivity contribution in [2.24, 2.45) is 0 Å². The molecule has 0 aromatic heterocycles. The molecule has 0 heterocycles. The number of hydrogen-bond acceptors (Lipinski definition) is 4. The van der Waals surface area contributed by atoms with Gasteiger partial charge in [0.2, 0.25) is 0 Å². The van der Waals surface area contributed by atoms with E-state index in [4.69, 9.17) is 38.9 Å². The smallest absolute Gasteiger partial charge is 0.340 e. The molecule has 2 rings (SSSR count). The molecule has 0 saturated heterocycles. The molecule has 21 heavy (non-hydrogen) atoms. The lowest BCUT2D eigenvalue weighted by Crippen LogP contribution is -2.07. The van der Waals surface area contributed by atoms with Crippen LogP contribution in [0.2, 0.25) is 10.0 Å². The van der Waals surface area contributed by atoms with Crippen molar-refractivity contribution in [3.05, 3.63) is 63.1 Å². The van der Waals surface area contributed by atoms with Gasteiger partial charge in [-0.3, -0.25) is 0 Å². The number of carbonyl (C=O) groups is 1. The molecule has 0 saturated carbocycles. The minimum Gasteiger partial charge on any atom is -0.457 e. The van der Waals surface area contributed by atoms with Crippen LogP contribution in [-0.2, 0) is 11.3 Å². The number of benzene rings is 2. The first-order chi connectivity index (χ1) is 10.0. The van der Waals surface area contributed by atoms with Gasteiger partial charge in [0, 0.05) is 16.3 Å². The Morgan fingerprint density at radius 3 is 2.62 bits per heavy atom. The molecule has 0 aliphatic rings. The summed E-state index contributed by atoms with van der Waals surface area (Å²) in [5.74, 6) is -0.590. The Morgan fingerprint density at radius 1 is 1.19 bits per heavy atom. The SMILES string of the molecule is N#Cc1ccc(COC(=O)c2cc(N)ccc2Cl)c(Cl)c1. The third-order valence-corrected chi connectivity index (χ3v) is 3.43. The maximum absolute atomic E-state index is 12.0. The molecule has 0 amide bonds. The zero-order valence-electron chi connectivity index (χ0n) is 10.8. The van der Waals surface area contributed by atoms with Crippen LogP contribution in [0.1, 0.15) is 21.5 Å². The molecule has 0 atom stereocenters. The van der Waals surface area contributed by atoms with E-state index in [2.05, 4.69) is 0 Å². The van der Waals surface area contributed by atoms with Crippen molar-refractivity contribution >= 4 is 34.9 Å². The zero-order chi connectivity index (χ0) is 15.4. The van der Waals surface area contributed by atoms with E-state index in [1.54, 1.807) is 18.2 Å². The van der Waals surface area contributed by atoms with E-state index >= 15 is 0 Å². The summed E-state index contributed by atoms with van der Waals surface area (Å²) in [5, 5.41) is 9.38. The first kappa shape index (κ1) is 15.2. The highest BCUT2D eigenvalue weighted by atomic mass is 35.5. The number of nitriles is 1. The first-order valence-electron chi connectivity index (χ1n) is 5.92. The fourth-order valence-corrected chi connectivity index (χ4v) is 2.08. The second-order valence-electron chi connectivity index (χ2n) is 4.23. The zero-order valence-corrected chi connectivity index (χ0v) is 12.3. The first-order valence-corrected chi connectivity index (χ1v) is 6.67. The molecule has 0 fully saturated rings. The van der Waals surface area contributed by atoms with Crippen molar-refractivity contribution in [3.8, 4) is 6.07 Å². The number of nitrogens with two attached hydrogens (primary N) is 1. The van der Waals surface area contributed by atoms with Crippen molar-refractivity contribution in [2.45, 2.75) is 6.61 Å². The van der Waals surface area contributed by atoms with E-state index in [0.717, 1.165) is 0 Å². The largest absolute Gasteiger partial charge is 0.457 e. The lowest BCUT2D eigenvalue weighted by atomic mass is 10.1. The monoisotopic (exact) mass is 320 g/mol. The number of esters is 1. The third kappa shape index (κ3) is 3.66. The Hall–Kier alpha value is -2.22. The van der Waals surface area contributed by atoms with Gasteiger partial charge in [-0.25, -0.2) is 4.79 Å². The molecule has 0 radical (unpaired) electrons. The minimum atomic E-state index is -0.590. The molecule has 0 aliphatic carbocycles. The highest BCUT2D eigenvalue weighted by Gasteiger charge is 2.13. The Bertz CT molecular complexity index is 739. The van der Waals surface area contributed by atoms with E-state index in [9.17, 15) is 4.79 Å². The van der Waals surface area contributed by atoms with Gasteiger partial charge < -0.3 is 10.5 Å². The highest BCUT2D eigenvalue weighted by molar-refractivity contribution is 6.33. The van der Waals surface area contributed by atoms with Gasteiger partial charge in [0.25, 0.3) is 0 Å². The minimum absolute atomic E-state index is 0.0193. The summed E-state index contributed by atoms with van der Waals surface area (Å²) in [4.78, 5) is 12.0. The molecule has 2 aromatic carbocycles. The molecule has 2 aromatic rings. The average Bonchev–Trinajstić information content (AvgIpc) is 2.48. The number of hydrogen-bond donors (Lipinski definition) is 1. The predicted octanol–water partition coefficient (Wildman–Crippen LogP) is 3.80. The molecule has 0 aliphatic heterocycles. The van der Waals surface area contributed by atoms with Crippen LogP contribution in [0.4, 0.5) is 5.69 Å². The number of halogens is 2. The van der Waals surface area contributed by atoms with E-state index in [1.807, 2.05) is 6.07 Å². The standard InChI is InChI=1S/C15H10Cl2N2O2/c16-13-4-3-11(19)6-12(13)15(20)21-8-10-2-1-9(7-18)5-14(10)17/h1-6H,8,19H2. The summed E-state index contributed by atoms with van der Waals surface area (Å²) >= 11 is 11.9. The van der Waals surface area contributed by atoms with Crippen LogP contribution in [-0.4, -0.2) is 5.97 Å². The number of nitrogens with zero attached hydrogens (tertiary/aromatic N) is 1. The molecule has 6 heteroatoms. The van der Waals surface area contributed by atoms with Crippen LogP contribution in [0.5, 0.6) is 0 Å². The quantitative estimate of drug-likeness (QED) is 0.689. The summed E-state index contributed by atoms with van der Waals surface area (Å²) in [5.41, 5.74) is 7.27. The predicted molar refractivity (Wildman–Crippen MR) is 81.2 cm³/mol. The lowest BCUT2D eigenvalue weighted by molar-refractivity contribution is 0.0473. The van der Waals surface area contributed by atoms with Crippen molar-refractivity contribution in [1.82, 2.24) is 0 Å². The Kier molecular flexibility index (Phi) is 4.69. The maximum Gasteiger partial charge on any atom is 0.340 e. The van der Waals surface area contributed by atoms with Gasteiger partial charge in [0.15, 0.2) is 0 Å². The fourth-order valence-electron chi connectivity index (χ4n) is 1.65. The Morgan fingerprint density at radius 2 is 1.95 bits per heavy atom. The van der Waals surface area contributed by atoms with Gasteiger partial charge in [-0.2, -0.15) is 5.26 Å². The second-order valence-corrected chi connectivity index (χ2v) is 5.05. The van der Waals surface area contributed by atoms with Crippen LogP contribution in [0.15, 0.2) is 36.4 Å². The van der Waals surface area contributed by atoms with Crippen LogP contribution >= 0.6 is 23.2 Å². The molecule has 0 bridgehead atoms. The van der Waals surface area contributed by atoms with E-state index in [0.29, 0.717) is 21.8 Å². The van der Waals surface area contributed by atoms with Gasteiger partial charge in [-0.15, -0.1) is 0 Å². The van der Waals surface area contributed by atoms with Crippen molar-refractivity contribution in [3.63, 3.8) is 0 Å². The van der Waals surface area contributed by atoms with Gasteiger partial charge in [-0.05, 0) is 30.3 Å². The van der Waals surface area contributed by atoms with Crippen LogP contribution in [0.3, 0.4) is 0 Å². The number of anilines is 1. The molecule has 0 spiro atoms. The maximum atomic E-state index is 12.0. The number of rotatable bonds is 3. The molecule has 0 unspecified atom stereocenters. The summed E-state index contributed by atoms with van der Waals surface area (Å²) in [6, 6.07) is 11.3. The van der Waals surface area contributed by atoms with Gasteiger partial charge in [0.1, 0.15) is 6.61 Å². The summed E-state index contributed by atoms with van der Waals surface area (Å²) in [6.45, 7) is -0.0193. The molecular weight excluding hydrogens is 311 g/mol. The van der Waals surface area contributed by atoms with Gasteiger partial charge >= 0.3 is 5.97 Å². The lowest BCUT2D eigenvalue weighted by Gasteiger charge is -2.08.